The Morgan fingerprint density at radius 2 is 0.868 bits per heavy atom. The minimum Gasteiger partial charge on any atom is -0.507 e. The number of rotatable bonds is 8. The molecule has 1 aliphatic rings. The van der Waals surface area contributed by atoms with Crippen molar-refractivity contribution in [1.82, 2.24) is 0 Å². The molecule has 0 atom stereocenters. The molecule has 0 unspecified atom stereocenters. The number of benzene rings is 4. The molecule has 8 heteroatoms. The maximum absolute atomic E-state index is 13.8. The first-order chi connectivity index (χ1) is 18.4. The second-order valence-electron chi connectivity index (χ2n) is 9.01. The van der Waals surface area contributed by atoms with Gasteiger partial charge in [0.2, 0.25) is 11.6 Å². The smallest absolute Gasteiger partial charge is 0.200 e. The van der Waals surface area contributed by atoms with Gasteiger partial charge in [0.1, 0.15) is 11.5 Å². The van der Waals surface area contributed by atoms with Gasteiger partial charge in [-0.25, -0.2) is 0 Å². The molecule has 0 saturated carbocycles. The number of aromatic hydroxyl groups is 2. The number of phenols is 2. The van der Waals surface area contributed by atoms with Gasteiger partial charge >= 0.3 is 0 Å². The van der Waals surface area contributed by atoms with Crippen molar-refractivity contribution in [2.75, 3.05) is 23.8 Å². The van der Waals surface area contributed by atoms with E-state index < -0.39 is 11.6 Å². The number of hydrogen-bond acceptors (Lipinski definition) is 8. The molecule has 0 heterocycles. The lowest BCUT2D eigenvalue weighted by atomic mass is 9.81. The summed E-state index contributed by atoms with van der Waals surface area (Å²) in [5, 5.41) is 45.7. The molecule has 6 N–H and O–H groups in total. The van der Waals surface area contributed by atoms with Crippen molar-refractivity contribution in [3.8, 4) is 11.5 Å². The Kier molecular flexibility index (Phi) is 6.83. The minimum absolute atomic E-state index is 0.0330. The van der Waals surface area contributed by atoms with Crippen LogP contribution in [0.3, 0.4) is 0 Å². The summed E-state index contributed by atoms with van der Waals surface area (Å²) >= 11 is 0. The number of carbonyl (C=O) groups is 2. The largest absolute Gasteiger partial charge is 0.507 e. The van der Waals surface area contributed by atoms with Gasteiger partial charge in [0.25, 0.3) is 0 Å². The molecule has 0 aliphatic heterocycles. The number of fused-ring (bicyclic) bond motifs is 2. The van der Waals surface area contributed by atoms with Crippen LogP contribution in [0, 0.1) is 0 Å². The number of ketones is 2. The van der Waals surface area contributed by atoms with E-state index in [1.165, 1.54) is 12.1 Å². The first-order valence-corrected chi connectivity index (χ1v) is 12.2. The predicted molar refractivity (Wildman–Crippen MR) is 144 cm³/mol. The summed E-state index contributed by atoms with van der Waals surface area (Å²) in [4.78, 5) is 27.5. The van der Waals surface area contributed by atoms with Crippen molar-refractivity contribution in [2.45, 2.75) is 12.8 Å². The second kappa shape index (κ2) is 10.4. The van der Waals surface area contributed by atoms with E-state index in [1.54, 1.807) is 12.1 Å². The topological polar surface area (TPSA) is 139 Å². The zero-order chi connectivity index (χ0) is 26.8. The van der Waals surface area contributed by atoms with Gasteiger partial charge in [-0.15, -0.1) is 0 Å². The molecule has 0 saturated heterocycles. The summed E-state index contributed by atoms with van der Waals surface area (Å²) in [6.45, 7) is 0.0660. The lowest BCUT2D eigenvalue weighted by Crippen LogP contribution is -2.24. The Bertz CT molecular complexity index is 1410. The highest BCUT2D eigenvalue weighted by Crippen LogP contribution is 2.43. The average Bonchev–Trinajstić information content (AvgIpc) is 2.91. The van der Waals surface area contributed by atoms with E-state index in [9.17, 15) is 19.8 Å². The predicted octanol–water partition coefficient (Wildman–Crippen LogP) is 4.43. The molecule has 4 aromatic rings. The fourth-order valence-electron chi connectivity index (χ4n) is 4.65. The van der Waals surface area contributed by atoms with Crippen molar-refractivity contribution in [2.24, 2.45) is 0 Å². The highest BCUT2D eigenvalue weighted by atomic mass is 16.3. The van der Waals surface area contributed by atoms with Crippen LogP contribution >= 0.6 is 0 Å². The number of hydrogen-bond donors (Lipinski definition) is 6. The van der Waals surface area contributed by atoms with Crippen LogP contribution in [0.1, 0.15) is 43.0 Å². The molecule has 0 radical (unpaired) electrons. The normalized spacial score (nSPS) is 12.2. The van der Waals surface area contributed by atoms with Crippen molar-refractivity contribution in [3.63, 3.8) is 0 Å². The van der Waals surface area contributed by atoms with E-state index >= 15 is 0 Å². The van der Waals surface area contributed by atoms with Gasteiger partial charge in [0, 0.05) is 24.6 Å². The molecule has 0 bridgehead atoms. The molecule has 5 rings (SSSR count). The summed E-state index contributed by atoms with van der Waals surface area (Å²) in [5.74, 6) is -1.97. The van der Waals surface area contributed by atoms with Gasteiger partial charge in [-0.1, -0.05) is 24.3 Å². The standard InChI is InChI=1S/C30H26N2O6/c33-15-13-17-1-5-19(6-2-17)31-21-9-10-22(32-20-7-3-18(4-8-20)14-16-34)26-25(21)29(37)27-23(35)11-12-24(36)28(27)30(26)38/h1-12,31-36H,13-16H2. The summed E-state index contributed by atoms with van der Waals surface area (Å²) in [6.07, 6.45) is 1.03. The third kappa shape index (κ3) is 4.58. The Hall–Kier alpha value is -4.66. The molecule has 0 fully saturated rings. The van der Waals surface area contributed by atoms with Gasteiger partial charge in [0.05, 0.1) is 33.6 Å². The first kappa shape index (κ1) is 25.0. The van der Waals surface area contributed by atoms with Crippen molar-refractivity contribution in [1.29, 1.82) is 0 Å². The number of anilines is 4. The van der Waals surface area contributed by atoms with E-state index in [0.29, 0.717) is 35.6 Å². The molecule has 8 nitrogen and oxygen atoms in total. The monoisotopic (exact) mass is 510 g/mol. The van der Waals surface area contributed by atoms with Gasteiger partial charge in [-0.05, 0) is 72.5 Å². The van der Waals surface area contributed by atoms with E-state index in [2.05, 4.69) is 10.6 Å². The number of aliphatic hydroxyl groups excluding tert-OH is 2. The Morgan fingerprint density at radius 3 is 1.21 bits per heavy atom. The molecular weight excluding hydrogens is 484 g/mol. The molecule has 1 aliphatic carbocycles. The lowest BCUT2D eigenvalue weighted by molar-refractivity contribution is 0.0975. The summed E-state index contributed by atoms with van der Waals surface area (Å²) in [5.41, 5.74) is 3.63. The van der Waals surface area contributed by atoms with Crippen LogP contribution in [0.15, 0.2) is 72.8 Å². The van der Waals surface area contributed by atoms with Crippen LogP contribution in [-0.4, -0.2) is 45.2 Å². The van der Waals surface area contributed by atoms with Crippen LogP contribution in [0.25, 0.3) is 0 Å². The van der Waals surface area contributed by atoms with Crippen LogP contribution in [-0.2, 0) is 12.8 Å². The maximum atomic E-state index is 13.8. The fraction of sp³-hybridized carbons (Fsp3) is 0.133. The molecule has 38 heavy (non-hydrogen) atoms. The third-order valence-corrected chi connectivity index (χ3v) is 6.54. The van der Waals surface area contributed by atoms with Gasteiger partial charge in [-0.3, -0.25) is 9.59 Å². The van der Waals surface area contributed by atoms with Crippen molar-refractivity contribution in [3.05, 3.63) is 106 Å². The number of nitrogens with one attached hydrogen (secondary N) is 2. The Morgan fingerprint density at radius 1 is 0.500 bits per heavy atom. The molecule has 0 spiro atoms. The number of carbonyl (C=O) groups excluding carboxylic acids is 2. The molecular formula is C30H26N2O6. The van der Waals surface area contributed by atoms with Crippen LogP contribution in [0.2, 0.25) is 0 Å². The molecule has 0 aromatic heterocycles. The Balaban J connectivity index is 1.61. The first-order valence-electron chi connectivity index (χ1n) is 12.2. The van der Waals surface area contributed by atoms with Gasteiger partial charge in [0.15, 0.2) is 0 Å². The van der Waals surface area contributed by atoms with E-state index in [-0.39, 0.29) is 47.0 Å². The highest BCUT2D eigenvalue weighted by molar-refractivity contribution is 6.33. The Labute approximate surface area is 218 Å². The van der Waals surface area contributed by atoms with E-state index in [1.807, 2.05) is 48.5 Å². The second-order valence-corrected chi connectivity index (χ2v) is 9.01. The quantitative estimate of drug-likeness (QED) is 0.169. The van der Waals surface area contributed by atoms with Gasteiger partial charge < -0.3 is 31.1 Å². The fourth-order valence-corrected chi connectivity index (χ4v) is 4.65. The van der Waals surface area contributed by atoms with E-state index in [4.69, 9.17) is 10.2 Å². The van der Waals surface area contributed by atoms with Crippen molar-refractivity contribution >= 4 is 34.3 Å². The average molecular weight is 511 g/mol. The maximum Gasteiger partial charge on any atom is 0.200 e. The lowest BCUT2D eigenvalue weighted by Gasteiger charge is -2.25. The molecule has 0 amide bonds. The highest BCUT2D eigenvalue weighted by Gasteiger charge is 2.38. The summed E-state index contributed by atoms with van der Waals surface area (Å²) in [6, 6.07) is 20.4. The van der Waals surface area contributed by atoms with Crippen LogP contribution < -0.4 is 10.6 Å². The SMILES string of the molecule is O=C1c2c(O)ccc(O)c2C(=O)c2c(Nc3ccc(CCO)cc3)ccc(Nc3ccc(CCO)cc3)c21. The van der Waals surface area contributed by atoms with Gasteiger partial charge in [-0.2, -0.15) is 0 Å². The van der Waals surface area contributed by atoms with Crippen LogP contribution in [0.5, 0.6) is 11.5 Å². The molecule has 4 aromatic carbocycles. The summed E-state index contributed by atoms with van der Waals surface area (Å²) < 4.78 is 0. The molecule has 192 valence electrons. The zero-order valence-electron chi connectivity index (χ0n) is 20.4. The van der Waals surface area contributed by atoms with E-state index in [0.717, 1.165) is 11.1 Å². The third-order valence-electron chi connectivity index (χ3n) is 6.54. The minimum atomic E-state index is -0.593. The summed E-state index contributed by atoms with van der Waals surface area (Å²) in [7, 11) is 0. The van der Waals surface area contributed by atoms with Crippen molar-refractivity contribution < 1.29 is 30.0 Å². The van der Waals surface area contributed by atoms with Crippen LogP contribution in [0.4, 0.5) is 22.7 Å². The zero-order valence-corrected chi connectivity index (χ0v) is 20.4. The number of aliphatic hydroxyl groups is 2. The number of phenolic OH excluding ortho intramolecular Hbond substituents is 2.